The molecule has 0 amide bonds. The number of benzene rings is 1. The van der Waals surface area contributed by atoms with Gasteiger partial charge in [-0.05, 0) is 25.1 Å². The van der Waals surface area contributed by atoms with Crippen molar-refractivity contribution >= 4 is 0 Å². The zero-order chi connectivity index (χ0) is 20.5. The quantitative estimate of drug-likeness (QED) is 0.652. The van der Waals surface area contributed by atoms with Crippen molar-refractivity contribution in [3.63, 3.8) is 0 Å². The first kappa shape index (κ1) is 19.5. The zero-order valence-electron chi connectivity index (χ0n) is 17.0. The van der Waals surface area contributed by atoms with Gasteiger partial charge in [-0.1, -0.05) is 37.2 Å². The van der Waals surface area contributed by atoms with Gasteiger partial charge in [-0.15, -0.1) is 0 Å². The van der Waals surface area contributed by atoms with Crippen molar-refractivity contribution < 1.29 is 14.0 Å². The minimum atomic E-state index is -0.702. The first-order valence-electron chi connectivity index (χ1n) is 9.81. The van der Waals surface area contributed by atoms with E-state index in [4.69, 9.17) is 19.7 Å². The van der Waals surface area contributed by atoms with Crippen LogP contribution in [0.5, 0.6) is 5.75 Å². The summed E-state index contributed by atoms with van der Waals surface area (Å²) in [5.41, 5.74) is 7.47. The predicted molar refractivity (Wildman–Crippen MR) is 108 cm³/mol. The Kier molecular flexibility index (Phi) is 5.10. The molecule has 7 nitrogen and oxygen atoms in total. The topological polar surface area (TPSA) is 96.3 Å². The third kappa shape index (κ3) is 3.52. The van der Waals surface area contributed by atoms with E-state index in [-0.39, 0.29) is 11.5 Å². The van der Waals surface area contributed by atoms with Gasteiger partial charge in [0.05, 0.1) is 6.10 Å². The van der Waals surface area contributed by atoms with Gasteiger partial charge in [0.15, 0.2) is 0 Å². The van der Waals surface area contributed by atoms with Crippen LogP contribution < -0.4 is 10.5 Å². The summed E-state index contributed by atoms with van der Waals surface area (Å²) in [6, 6.07) is 11.5. The minimum absolute atomic E-state index is 0.0806. The van der Waals surface area contributed by atoms with Crippen molar-refractivity contribution in [1.82, 2.24) is 15.1 Å². The molecule has 4 rings (SSSR count). The fourth-order valence-electron chi connectivity index (χ4n) is 3.70. The Morgan fingerprint density at radius 1 is 1.24 bits per heavy atom. The van der Waals surface area contributed by atoms with Crippen LogP contribution in [0.4, 0.5) is 0 Å². The molecule has 3 aromatic rings. The molecule has 2 atom stereocenters. The van der Waals surface area contributed by atoms with E-state index in [1.165, 1.54) is 0 Å². The fraction of sp³-hybridized carbons (Fsp3) is 0.409. The van der Waals surface area contributed by atoms with E-state index in [9.17, 15) is 0 Å². The predicted octanol–water partition coefficient (Wildman–Crippen LogP) is 3.70. The van der Waals surface area contributed by atoms with Crippen LogP contribution in [0.2, 0.25) is 0 Å². The van der Waals surface area contributed by atoms with Crippen molar-refractivity contribution in [2.45, 2.75) is 45.4 Å². The molecule has 0 radical (unpaired) electrons. The molecular formula is C22H26N4O3. The van der Waals surface area contributed by atoms with Gasteiger partial charge in [0.25, 0.3) is 0 Å². The van der Waals surface area contributed by atoms with Gasteiger partial charge < -0.3 is 19.7 Å². The van der Waals surface area contributed by atoms with E-state index in [1.807, 2.05) is 43.3 Å². The molecule has 2 heterocycles. The number of hydrogen-bond acceptors (Lipinski definition) is 7. The molecule has 0 saturated heterocycles. The van der Waals surface area contributed by atoms with Crippen LogP contribution >= 0.6 is 0 Å². The minimum Gasteiger partial charge on any atom is -0.489 e. The van der Waals surface area contributed by atoms with Crippen LogP contribution in [-0.2, 0) is 16.9 Å². The number of nitrogens with two attached hydrogens (primary N) is 1. The van der Waals surface area contributed by atoms with Crippen molar-refractivity contribution in [1.29, 1.82) is 0 Å². The molecule has 7 heteroatoms. The lowest BCUT2D eigenvalue weighted by Gasteiger charge is -2.56. The lowest BCUT2D eigenvalue weighted by Crippen LogP contribution is -2.67. The monoisotopic (exact) mass is 394 g/mol. The molecule has 0 aliphatic heterocycles. The third-order valence-electron chi connectivity index (χ3n) is 5.86. The Balaban J connectivity index is 1.50. The van der Waals surface area contributed by atoms with Crippen LogP contribution in [0.25, 0.3) is 11.4 Å². The van der Waals surface area contributed by atoms with Crippen LogP contribution in [0, 0.1) is 5.41 Å². The number of pyridine rings is 1. The second-order valence-electron chi connectivity index (χ2n) is 7.94. The zero-order valence-corrected chi connectivity index (χ0v) is 17.0. The van der Waals surface area contributed by atoms with E-state index < -0.39 is 5.54 Å². The van der Waals surface area contributed by atoms with E-state index in [0.717, 1.165) is 16.9 Å². The highest BCUT2D eigenvalue weighted by Crippen LogP contribution is 2.55. The maximum Gasteiger partial charge on any atom is 0.247 e. The first-order chi connectivity index (χ1) is 13.9. The SMILES string of the molecule is CCOC1CC(N)(c2nc(-c3cccc(OCc4cccnc4)c3)no2)C1(C)C. The van der Waals surface area contributed by atoms with Gasteiger partial charge in [-0.2, -0.15) is 4.98 Å². The molecule has 152 valence electrons. The largest absolute Gasteiger partial charge is 0.489 e. The number of ether oxygens (including phenoxy) is 2. The molecule has 1 saturated carbocycles. The fourth-order valence-corrected chi connectivity index (χ4v) is 3.70. The Bertz CT molecular complexity index is 973. The summed E-state index contributed by atoms with van der Waals surface area (Å²) in [6.07, 6.45) is 4.26. The standard InChI is InChI=1S/C22H26N4O3/c1-4-27-18-12-22(23,21(18,2)3)20-25-19(26-29-20)16-8-5-9-17(11-16)28-14-15-7-6-10-24-13-15/h5-11,13,18H,4,12,14,23H2,1-3H3. The molecule has 1 aromatic carbocycles. The summed E-state index contributed by atoms with van der Waals surface area (Å²) in [6.45, 7) is 7.24. The average molecular weight is 394 g/mol. The second-order valence-corrected chi connectivity index (χ2v) is 7.94. The number of hydrogen-bond donors (Lipinski definition) is 1. The van der Waals surface area contributed by atoms with Crippen LogP contribution in [-0.4, -0.2) is 27.8 Å². The molecule has 1 fully saturated rings. The lowest BCUT2D eigenvalue weighted by molar-refractivity contribution is -0.162. The summed E-state index contributed by atoms with van der Waals surface area (Å²) in [7, 11) is 0. The van der Waals surface area contributed by atoms with E-state index >= 15 is 0 Å². The van der Waals surface area contributed by atoms with Gasteiger partial charge in [0, 0.05) is 42.0 Å². The Morgan fingerprint density at radius 2 is 2.10 bits per heavy atom. The van der Waals surface area contributed by atoms with Gasteiger partial charge in [0.2, 0.25) is 11.7 Å². The van der Waals surface area contributed by atoms with Crippen LogP contribution in [0.3, 0.4) is 0 Å². The van der Waals surface area contributed by atoms with Crippen molar-refractivity contribution in [3.05, 3.63) is 60.2 Å². The van der Waals surface area contributed by atoms with Gasteiger partial charge >= 0.3 is 0 Å². The molecule has 1 aliphatic rings. The summed E-state index contributed by atoms with van der Waals surface area (Å²) in [5, 5.41) is 4.16. The van der Waals surface area contributed by atoms with Crippen LogP contribution in [0.15, 0.2) is 53.3 Å². The normalized spacial score (nSPS) is 22.8. The first-order valence-corrected chi connectivity index (χ1v) is 9.81. The molecule has 0 spiro atoms. The Morgan fingerprint density at radius 3 is 2.83 bits per heavy atom. The molecule has 2 N–H and O–H groups in total. The number of nitrogens with zero attached hydrogens (tertiary/aromatic N) is 3. The van der Waals surface area contributed by atoms with Crippen molar-refractivity contribution in [2.75, 3.05) is 6.61 Å². The maximum atomic E-state index is 6.65. The van der Waals surface area contributed by atoms with Gasteiger partial charge in [0.1, 0.15) is 17.9 Å². The lowest BCUT2D eigenvalue weighted by atomic mass is 9.54. The molecule has 1 aliphatic carbocycles. The average Bonchev–Trinajstić information content (AvgIpc) is 3.24. The Hall–Kier alpha value is -2.77. The van der Waals surface area contributed by atoms with Gasteiger partial charge in [-0.25, -0.2) is 0 Å². The third-order valence-corrected chi connectivity index (χ3v) is 5.86. The number of aromatic nitrogens is 3. The summed E-state index contributed by atoms with van der Waals surface area (Å²) in [4.78, 5) is 8.70. The van der Waals surface area contributed by atoms with E-state index in [0.29, 0.717) is 31.3 Å². The Labute approximate surface area is 170 Å². The molecule has 2 unspecified atom stereocenters. The van der Waals surface area contributed by atoms with Crippen molar-refractivity contribution in [3.8, 4) is 17.1 Å². The van der Waals surface area contributed by atoms with E-state index in [2.05, 4.69) is 29.0 Å². The number of rotatable bonds is 7. The highest BCUT2D eigenvalue weighted by molar-refractivity contribution is 5.57. The molecule has 29 heavy (non-hydrogen) atoms. The smallest absolute Gasteiger partial charge is 0.247 e. The maximum absolute atomic E-state index is 6.65. The summed E-state index contributed by atoms with van der Waals surface area (Å²) >= 11 is 0. The molecule has 2 aromatic heterocycles. The molecule has 0 bridgehead atoms. The van der Waals surface area contributed by atoms with Gasteiger partial charge in [-0.3, -0.25) is 4.98 Å². The highest BCUT2D eigenvalue weighted by atomic mass is 16.5. The molecular weight excluding hydrogens is 368 g/mol. The summed E-state index contributed by atoms with van der Waals surface area (Å²) < 4.78 is 17.2. The highest BCUT2D eigenvalue weighted by Gasteiger charge is 2.62. The van der Waals surface area contributed by atoms with Crippen molar-refractivity contribution in [2.24, 2.45) is 11.1 Å². The summed E-state index contributed by atoms with van der Waals surface area (Å²) in [5.74, 6) is 1.66. The second kappa shape index (κ2) is 7.57. The van der Waals surface area contributed by atoms with Crippen LogP contribution in [0.1, 0.15) is 38.6 Å². The van der Waals surface area contributed by atoms with E-state index in [1.54, 1.807) is 12.4 Å².